The molecule has 5 heterocycles. The highest BCUT2D eigenvalue weighted by Gasteiger charge is 2.41. The Hall–Kier alpha value is -7.93. The SMILES string of the molecule is CC(=O)N[C@@H](Cc1cccc(-c2ccccn2)n1)C(=O)N[C@H](C(=O)N1CCC[C@H]1C(=O)N[C@H](CO)C(=O)N[C@@H](Cc1ccccc1)C(=O)N[C@@H](Cc1cccc(-c2ccccn2)n1)C(N)=O)C(C)C. The van der Waals surface area contributed by atoms with Crippen molar-refractivity contribution in [3.8, 4) is 22.8 Å². The van der Waals surface area contributed by atoms with Crippen molar-refractivity contribution in [1.29, 1.82) is 0 Å². The molecule has 0 unspecified atom stereocenters. The van der Waals surface area contributed by atoms with Crippen molar-refractivity contribution >= 4 is 41.4 Å². The summed E-state index contributed by atoms with van der Waals surface area (Å²) in [5.74, 6) is -5.37. The van der Waals surface area contributed by atoms with Gasteiger partial charge in [0.25, 0.3) is 0 Å². The second kappa shape index (κ2) is 24.2. The van der Waals surface area contributed by atoms with Crippen LogP contribution in [0.2, 0.25) is 0 Å². The molecule has 7 amide bonds. The number of nitrogens with one attached hydrogen (secondary N) is 5. The van der Waals surface area contributed by atoms with E-state index in [2.05, 4.69) is 46.5 Å². The van der Waals surface area contributed by atoms with E-state index in [0.29, 0.717) is 46.1 Å². The standard InChI is InChI=1S/C50H57N11O8/c1-30(2)44(60-47(66)41(54-31(3)63)28-34-17-12-21-38(56-34)36-19-8-10-24-53-36)50(69)61-25-13-22-43(61)49(68)59-42(29-62)48(67)58-40(26-32-14-5-4-6-15-32)46(65)57-39(45(51)64)27-33-16-11-20-37(55-33)35-18-7-9-23-52-35/h4-12,14-21,23-24,30,39-44,62H,13,22,25-29H2,1-3H3,(H2,51,64)(H,54,63)(H,57,65)(H,58,67)(H,59,68)(H,60,66)/t39-,40-,41-,42+,43-,44-/m0/s1. The molecule has 6 atom stereocenters. The molecule has 0 spiro atoms. The molecule has 69 heavy (non-hydrogen) atoms. The molecule has 0 radical (unpaired) electrons. The Labute approximate surface area is 399 Å². The fourth-order valence-corrected chi connectivity index (χ4v) is 7.91. The van der Waals surface area contributed by atoms with Gasteiger partial charge in [-0.05, 0) is 72.9 Å². The number of aliphatic hydroxyl groups is 1. The van der Waals surface area contributed by atoms with Gasteiger partial charge in [-0.1, -0.05) is 68.4 Å². The predicted molar refractivity (Wildman–Crippen MR) is 254 cm³/mol. The molecule has 1 fully saturated rings. The number of aliphatic hydroxyl groups excluding tert-OH is 1. The van der Waals surface area contributed by atoms with Gasteiger partial charge in [0.1, 0.15) is 36.3 Å². The van der Waals surface area contributed by atoms with E-state index in [4.69, 9.17) is 5.73 Å². The lowest BCUT2D eigenvalue weighted by Gasteiger charge is -2.32. The Kier molecular flexibility index (Phi) is 17.7. The molecule has 1 aliphatic heterocycles. The first-order valence-corrected chi connectivity index (χ1v) is 22.7. The molecular weight excluding hydrogens is 883 g/mol. The minimum Gasteiger partial charge on any atom is -0.394 e. The predicted octanol–water partition coefficient (Wildman–Crippen LogP) is 1.20. The zero-order valence-electron chi connectivity index (χ0n) is 38.6. The molecule has 19 nitrogen and oxygen atoms in total. The number of primary amides is 1. The maximum Gasteiger partial charge on any atom is 0.246 e. The molecule has 1 aliphatic rings. The number of nitrogens with two attached hydrogens (primary N) is 1. The van der Waals surface area contributed by atoms with E-state index in [-0.39, 0.29) is 32.2 Å². The highest BCUT2D eigenvalue weighted by atomic mass is 16.3. The van der Waals surface area contributed by atoms with Gasteiger partial charge in [-0.2, -0.15) is 0 Å². The fraction of sp³-hybridized carbons (Fsp3) is 0.340. The third-order valence-corrected chi connectivity index (χ3v) is 11.4. The summed E-state index contributed by atoms with van der Waals surface area (Å²) < 4.78 is 0. The molecule has 1 saturated heterocycles. The number of benzene rings is 1. The van der Waals surface area contributed by atoms with E-state index >= 15 is 0 Å². The molecule has 1 aromatic carbocycles. The van der Waals surface area contributed by atoms with Gasteiger partial charge in [-0.15, -0.1) is 0 Å². The van der Waals surface area contributed by atoms with Gasteiger partial charge in [-0.25, -0.2) is 0 Å². The summed E-state index contributed by atoms with van der Waals surface area (Å²) >= 11 is 0. The van der Waals surface area contributed by atoms with Crippen LogP contribution in [0.1, 0.15) is 50.6 Å². The molecule has 0 saturated carbocycles. The number of hydrogen-bond donors (Lipinski definition) is 7. The molecule has 0 bridgehead atoms. The molecule has 360 valence electrons. The third kappa shape index (κ3) is 14.1. The minimum atomic E-state index is -1.56. The summed E-state index contributed by atoms with van der Waals surface area (Å²) in [4.78, 5) is 114. The van der Waals surface area contributed by atoms with Crippen LogP contribution in [0.25, 0.3) is 22.8 Å². The van der Waals surface area contributed by atoms with Crippen molar-refractivity contribution in [2.24, 2.45) is 11.7 Å². The van der Waals surface area contributed by atoms with Crippen molar-refractivity contribution in [2.45, 2.75) is 89.1 Å². The first kappa shape index (κ1) is 50.5. The van der Waals surface area contributed by atoms with Crippen LogP contribution in [0.4, 0.5) is 0 Å². The Morgan fingerprint density at radius 2 is 1.14 bits per heavy atom. The Morgan fingerprint density at radius 3 is 1.68 bits per heavy atom. The summed E-state index contributed by atoms with van der Waals surface area (Å²) in [7, 11) is 0. The average molecular weight is 940 g/mol. The molecular formula is C50H57N11O8. The van der Waals surface area contributed by atoms with Crippen LogP contribution in [0.5, 0.6) is 0 Å². The van der Waals surface area contributed by atoms with Crippen LogP contribution in [-0.4, -0.2) is 121 Å². The van der Waals surface area contributed by atoms with Crippen LogP contribution in [0.3, 0.4) is 0 Å². The number of nitrogens with zero attached hydrogens (tertiary/aromatic N) is 5. The highest BCUT2D eigenvalue weighted by molar-refractivity contribution is 5.97. The molecule has 5 aromatic rings. The van der Waals surface area contributed by atoms with Crippen LogP contribution >= 0.6 is 0 Å². The van der Waals surface area contributed by atoms with E-state index in [0.717, 1.165) is 0 Å². The number of pyridine rings is 4. The first-order valence-electron chi connectivity index (χ1n) is 22.7. The minimum absolute atomic E-state index is 0.00323. The zero-order valence-corrected chi connectivity index (χ0v) is 38.6. The molecule has 8 N–H and O–H groups in total. The van der Waals surface area contributed by atoms with Gasteiger partial charge in [0.05, 0.1) is 29.4 Å². The number of carbonyl (C=O) groups is 7. The maximum atomic E-state index is 14.3. The van der Waals surface area contributed by atoms with E-state index in [1.165, 1.54) is 11.8 Å². The second-order valence-corrected chi connectivity index (χ2v) is 17.0. The monoisotopic (exact) mass is 939 g/mol. The number of aromatic nitrogens is 4. The van der Waals surface area contributed by atoms with Gasteiger partial charge in [0.15, 0.2) is 0 Å². The Morgan fingerprint density at radius 1 is 0.623 bits per heavy atom. The molecule has 0 aliphatic carbocycles. The van der Waals surface area contributed by atoms with E-state index in [9.17, 15) is 38.7 Å². The average Bonchev–Trinajstić information content (AvgIpc) is 3.85. The van der Waals surface area contributed by atoms with E-state index in [1.807, 2.05) is 12.1 Å². The zero-order chi connectivity index (χ0) is 49.5. The fourth-order valence-electron chi connectivity index (χ4n) is 7.91. The smallest absolute Gasteiger partial charge is 0.246 e. The summed E-state index contributed by atoms with van der Waals surface area (Å²) in [5, 5.41) is 23.7. The lowest BCUT2D eigenvalue weighted by molar-refractivity contribution is -0.143. The second-order valence-electron chi connectivity index (χ2n) is 17.0. The maximum absolute atomic E-state index is 14.3. The van der Waals surface area contributed by atoms with Crippen molar-refractivity contribution < 1.29 is 38.7 Å². The third-order valence-electron chi connectivity index (χ3n) is 11.4. The largest absolute Gasteiger partial charge is 0.394 e. The number of carbonyl (C=O) groups excluding carboxylic acids is 7. The molecule has 4 aromatic heterocycles. The van der Waals surface area contributed by atoms with Crippen molar-refractivity contribution in [3.05, 3.63) is 132 Å². The summed E-state index contributed by atoms with van der Waals surface area (Å²) in [6.45, 7) is 4.04. The highest BCUT2D eigenvalue weighted by Crippen LogP contribution is 2.22. The van der Waals surface area contributed by atoms with E-state index < -0.39 is 90.1 Å². The summed E-state index contributed by atoms with van der Waals surface area (Å²) in [6, 6.07) is 22.6. The number of amides is 7. The number of rotatable bonds is 21. The summed E-state index contributed by atoms with van der Waals surface area (Å²) in [6.07, 6.45) is 3.80. The first-order chi connectivity index (χ1) is 33.2. The van der Waals surface area contributed by atoms with E-state index in [1.54, 1.807) is 117 Å². The molecule has 19 heteroatoms. The lowest BCUT2D eigenvalue weighted by atomic mass is 10.0. The lowest BCUT2D eigenvalue weighted by Crippen LogP contribution is -2.61. The normalized spacial score (nSPS) is 15.4. The number of hydrogen-bond acceptors (Lipinski definition) is 12. The molecule has 6 rings (SSSR count). The van der Waals surface area contributed by atoms with Crippen LogP contribution in [-0.2, 0) is 52.8 Å². The van der Waals surface area contributed by atoms with Crippen LogP contribution in [0.15, 0.2) is 116 Å². The van der Waals surface area contributed by atoms with Crippen LogP contribution in [0, 0.1) is 5.92 Å². The van der Waals surface area contributed by atoms with Crippen molar-refractivity contribution in [2.75, 3.05) is 13.2 Å². The van der Waals surface area contributed by atoms with Crippen LogP contribution < -0.4 is 32.3 Å². The van der Waals surface area contributed by atoms with Gasteiger partial charge >= 0.3 is 0 Å². The van der Waals surface area contributed by atoms with Gasteiger partial charge in [0.2, 0.25) is 41.4 Å². The van der Waals surface area contributed by atoms with Gasteiger partial charge < -0.3 is 42.3 Å². The Balaban J connectivity index is 1.12. The quantitative estimate of drug-likeness (QED) is 0.0547. The summed E-state index contributed by atoms with van der Waals surface area (Å²) in [5.41, 5.74) is 9.71. The number of likely N-dealkylation sites (tertiary alicyclic amines) is 1. The van der Waals surface area contributed by atoms with Crippen molar-refractivity contribution in [1.82, 2.24) is 51.4 Å². The topological polar surface area (TPSA) is 281 Å². The van der Waals surface area contributed by atoms with Gasteiger partial charge in [-0.3, -0.25) is 53.5 Å². The Bertz CT molecular complexity index is 2590. The van der Waals surface area contributed by atoms with Gasteiger partial charge in [0, 0.05) is 56.5 Å². The van der Waals surface area contributed by atoms with Crippen molar-refractivity contribution in [3.63, 3.8) is 0 Å².